The number of ether oxygens (including phenoxy) is 2. The standard InChI is InChI=1S/C10H12BrNO2/c1-13-10-3-2-7(11)4-9(10)12-8-5-14-6-8/h2-4,8,12H,5-6H2,1H3. The molecule has 1 N–H and O–H groups in total. The lowest BCUT2D eigenvalue weighted by Crippen LogP contribution is -2.40. The molecule has 1 aliphatic heterocycles. The molecule has 14 heavy (non-hydrogen) atoms. The lowest BCUT2D eigenvalue weighted by molar-refractivity contribution is 0.0210. The Labute approximate surface area is 91.5 Å². The molecule has 1 aromatic carbocycles. The minimum absolute atomic E-state index is 0.415. The van der Waals surface area contributed by atoms with Crippen molar-refractivity contribution in [2.45, 2.75) is 6.04 Å². The summed E-state index contributed by atoms with van der Waals surface area (Å²) in [6, 6.07) is 6.32. The van der Waals surface area contributed by atoms with Gasteiger partial charge in [-0.2, -0.15) is 0 Å². The van der Waals surface area contributed by atoms with Crippen LogP contribution in [0.3, 0.4) is 0 Å². The van der Waals surface area contributed by atoms with Crippen molar-refractivity contribution in [1.29, 1.82) is 0 Å². The van der Waals surface area contributed by atoms with Crippen LogP contribution in [0.4, 0.5) is 5.69 Å². The fraction of sp³-hybridized carbons (Fsp3) is 0.400. The SMILES string of the molecule is COc1ccc(Br)cc1NC1COC1. The van der Waals surface area contributed by atoms with Gasteiger partial charge in [0.05, 0.1) is 32.1 Å². The van der Waals surface area contributed by atoms with Gasteiger partial charge in [0.25, 0.3) is 0 Å². The Morgan fingerprint density at radius 3 is 2.86 bits per heavy atom. The van der Waals surface area contributed by atoms with E-state index in [1.807, 2.05) is 18.2 Å². The summed E-state index contributed by atoms with van der Waals surface area (Å²) in [5, 5.41) is 3.36. The van der Waals surface area contributed by atoms with E-state index in [0.29, 0.717) is 6.04 Å². The highest BCUT2D eigenvalue weighted by molar-refractivity contribution is 9.10. The van der Waals surface area contributed by atoms with E-state index in [4.69, 9.17) is 9.47 Å². The van der Waals surface area contributed by atoms with Gasteiger partial charge in [0.1, 0.15) is 5.75 Å². The van der Waals surface area contributed by atoms with Crippen molar-refractivity contribution >= 4 is 21.6 Å². The average Bonchev–Trinajstić information content (AvgIpc) is 2.12. The lowest BCUT2D eigenvalue weighted by atomic mass is 10.2. The number of hydrogen-bond acceptors (Lipinski definition) is 3. The zero-order valence-electron chi connectivity index (χ0n) is 7.92. The largest absolute Gasteiger partial charge is 0.495 e. The quantitative estimate of drug-likeness (QED) is 0.902. The van der Waals surface area contributed by atoms with Gasteiger partial charge < -0.3 is 14.8 Å². The number of anilines is 1. The zero-order chi connectivity index (χ0) is 9.97. The second-order valence-corrected chi connectivity index (χ2v) is 4.14. The molecule has 4 heteroatoms. The highest BCUT2D eigenvalue weighted by atomic mass is 79.9. The summed E-state index contributed by atoms with van der Waals surface area (Å²) in [7, 11) is 1.67. The Morgan fingerprint density at radius 1 is 1.50 bits per heavy atom. The van der Waals surface area contributed by atoms with Crippen LogP contribution in [0.1, 0.15) is 0 Å². The van der Waals surface area contributed by atoms with E-state index in [-0.39, 0.29) is 0 Å². The smallest absolute Gasteiger partial charge is 0.142 e. The molecule has 0 radical (unpaired) electrons. The van der Waals surface area contributed by atoms with Crippen molar-refractivity contribution < 1.29 is 9.47 Å². The summed E-state index contributed by atoms with van der Waals surface area (Å²) in [4.78, 5) is 0. The summed E-state index contributed by atoms with van der Waals surface area (Å²) in [5.74, 6) is 0.861. The van der Waals surface area contributed by atoms with Crippen LogP contribution in [0.15, 0.2) is 22.7 Å². The van der Waals surface area contributed by atoms with E-state index in [0.717, 1.165) is 29.1 Å². The van der Waals surface area contributed by atoms with Crippen LogP contribution in [0.2, 0.25) is 0 Å². The fourth-order valence-electron chi connectivity index (χ4n) is 1.33. The third-order valence-electron chi connectivity index (χ3n) is 2.16. The molecule has 0 spiro atoms. The third-order valence-corrected chi connectivity index (χ3v) is 2.65. The van der Waals surface area contributed by atoms with Crippen LogP contribution in [0.5, 0.6) is 5.75 Å². The van der Waals surface area contributed by atoms with Crippen LogP contribution in [-0.4, -0.2) is 26.4 Å². The number of benzene rings is 1. The lowest BCUT2D eigenvalue weighted by Gasteiger charge is -2.28. The average molecular weight is 258 g/mol. The predicted molar refractivity (Wildman–Crippen MR) is 58.9 cm³/mol. The van der Waals surface area contributed by atoms with E-state index >= 15 is 0 Å². The van der Waals surface area contributed by atoms with Crippen molar-refractivity contribution in [3.63, 3.8) is 0 Å². The van der Waals surface area contributed by atoms with Crippen LogP contribution >= 0.6 is 15.9 Å². The molecule has 0 unspecified atom stereocenters. The molecule has 1 aliphatic rings. The van der Waals surface area contributed by atoms with Gasteiger partial charge in [-0.1, -0.05) is 15.9 Å². The Kier molecular flexibility index (Phi) is 2.93. The van der Waals surface area contributed by atoms with Gasteiger partial charge in [0.15, 0.2) is 0 Å². The molecule has 76 valence electrons. The van der Waals surface area contributed by atoms with Gasteiger partial charge in [0, 0.05) is 4.47 Å². The predicted octanol–water partition coefficient (Wildman–Crippen LogP) is 2.27. The summed E-state index contributed by atoms with van der Waals surface area (Å²) in [6.07, 6.45) is 0. The number of rotatable bonds is 3. The Morgan fingerprint density at radius 2 is 2.29 bits per heavy atom. The van der Waals surface area contributed by atoms with Crippen LogP contribution < -0.4 is 10.1 Å². The topological polar surface area (TPSA) is 30.5 Å². The van der Waals surface area contributed by atoms with Gasteiger partial charge in [-0.3, -0.25) is 0 Å². The van der Waals surface area contributed by atoms with Crippen LogP contribution in [0, 0.1) is 0 Å². The van der Waals surface area contributed by atoms with E-state index < -0.39 is 0 Å². The molecule has 0 atom stereocenters. The summed E-state index contributed by atoms with van der Waals surface area (Å²) in [5.41, 5.74) is 1.01. The van der Waals surface area contributed by atoms with Crippen LogP contribution in [0.25, 0.3) is 0 Å². The highest BCUT2D eigenvalue weighted by Gasteiger charge is 2.19. The summed E-state index contributed by atoms with van der Waals surface area (Å²) < 4.78 is 11.4. The minimum Gasteiger partial charge on any atom is -0.495 e. The molecular formula is C10H12BrNO2. The summed E-state index contributed by atoms with van der Waals surface area (Å²) in [6.45, 7) is 1.55. The number of hydrogen-bond donors (Lipinski definition) is 1. The van der Waals surface area contributed by atoms with Crippen molar-refractivity contribution in [3.8, 4) is 5.75 Å². The van der Waals surface area contributed by atoms with Gasteiger partial charge in [-0.15, -0.1) is 0 Å². The molecule has 0 aromatic heterocycles. The normalized spacial score (nSPS) is 16.1. The minimum atomic E-state index is 0.415. The molecule has 1 aromatic rings. The highest BCUT2D eigenvalue weighted by Crippen LogP contribution is 2.29. The molecular weight excluding hydrogens is 246 g/mol. The molecule has 0 amide bonds. The zero-order valence-corrected chi connectivity index (χ0v) is 9.50. The van der Waals surface area contributed by atoms with Gasteiger partial charge >= 0.3 is 0 Å². The maximum Gasteiger partial charge on any atom is 0.142 e. The molecule has 2 rings (SSSR count). The number of halogens is 1. The molecule has 1 fully saturated rings. The van der Waals surface area contributed by atoms with Crippen molar-refractivity contribution in [2.75, 3.05) is 25.6 Å². The van der Waals surface area contributed by atoms with E-state index in [9.17, 15) is 0 Å². The third kappa shape index (κ3) is 2.01. The molecule has 0 bridgehead atoms. The Bertz CT molecular complexity index is 326. The summed E-state index contributed by atoms with van der Waals surface area (Å²) >= 11 is 3.43. The van der Waals surface area contributed by atoms with Crippen LogP contribution in [-0.2, 0) is 4.74 Å². The van der Waals surface area contributed by atoms with Crippen molar-refractivity contribution in [1.82, 2.24) is 0 Å². The van der Waals surface area contributed by atoms with Crippen molar-refractivity contribution in [2.24, 2.45) is 0 Å². The Balaban J connectivity index is 2.15. The van der Waals surface area contributed by atoms with Gasteiger partial charge in [-0.25, -0.2) is 0 Å². The van der Waals surface area contributed by atoms with Gasteiger partial charge in [0.2, 0.25) is 0 Å². The molecule has 1 saturated heterocycles. The van der Waals surface area contributed by atoms with E-state index in [1.54, 1.807) is 7.11 Å². The number of methoxy groups -OCH3 is 1. The molecule has 1 heterocycles. The first-order valence-corrected chi connectivity index (χ1v) is 5.26. The second kappa shape index (κ2) is 4.19. The first-order valence-electron chi connectivity index (χ1n) is 4.47. The van der Waals surface area contributed by atoms with E-state index in [1.165, 1.54) is 0 Å². The second-order valence-electron chi connectivity index (χ2n) is 3.22. The fourth-order valence-corrected chi connectivity index (χ4v) is 1.69. The van der Waals surface area contributed by atoms with Crippen molar-refractivity contribution in [3.05, 3.63) is 22.7 Å². The maximum absolute atomic E-state index is 5.25. The first kappa shape index (κ1) is 9.80. The monoisotopic (exact) mass is 257 g/mol. The Hall–Kier alpha value is -0.740. The van der Waals surface area contributed by atoms with Gasteiger partial charge in [-0.05, 0) is 18.2 Å². The maximum atomic E-state index is 5.25. The molecule has 0 aliphatic carbocycles. The van der Waals surface area contributed by atoms with E-state index in [2.05, 4.69) is 21.2 Å². The first-order chi connectivity index (χ1) is 6.79. The number of nitrogens with one attached hydrogen (secondary N) is 1. The molecule has 0 saturated carbocycles. The molecule has 3 nitrogen and oxygen atoms in total.